The van der Waals surface area contributed by atoms with Crippen LogP contribution in [0.1, 0.15) is 18.0 Å². The Balaban J connectivity index is 1.61. The summed E-state index contributed by atoms with van der Waals surface area (Å²) in [7, 11) is 0. The minimum Gasteiger partial charge on any atom is -0.493 e. The molecule has 0 radical (unpaired) electrons. The lowest BCUT2D eigenvalue weighted by atomic mass is 10.0. The smallest absolute Gasteiger partial charge is 0.331 e. The number of imidazole rings is 2. The molecule has 1 aliphatic heterocycles. The van der Waals surface area contributed by atoms with E-state index in [2.05, 4.69) is 15.0 Å². The molecule has 10 nitrogen and oxygen atoms in total. The third kappa shape index (κ3) is 3.04. The molecule has 11 heteroatoms. The van der Waals surface area contributed by atoms with E-state index in [1.54, 1.807) is 15.2 Å². The molecule has 0 fully saturated rings. The Hall–Kier alpha value is -4.54. The summed E-state index contributed by atoms with van der Waals surface area (Å²) in [5, 5.41) is 0. The van der Waals surface area contributed by atoms with E-state index >= 15 is 0 Å². The maximum absolute atomic E-state index is 13.9. The number of benzene rings is 2. The van der Waals surface area contributed by atoms with Gasteiger partial charge in [-0.25, -0.2) is 19.2 Å². The van der Waals surface area contributed by atoms with Gasteiger partial charge in [-0.1, -0.05) is 18.2 Å². The number of ether oxygens (including phenoxy) is 1. The topological polar surface area (TPSA) is 123 Å². The van der Waals surface area contributed by atoms with Crippen molar-refractivity contribution in [2.24, 2.45) is 5.73 Å². The van der Waals surface area contributed by atoms with Gasteiger partial charge in [0, 0.05) is 18.1 Å². The maximum atomic E-state index is 13.9. The highest BCUT2D eigenvalue weighted by molar-refractivity contribution is 5.79. The number of fused-ring (bicyclic) bond motifs is 3. The zero-order chi connectivity index (χ0) is 23.4. The van der Waals surface area contributed by atoms with E-state index in [9.17, 15) is 14.0 Å². The molecule has 1 atom stereocenters. The van der Waals surface area contributed by atoms with E-state index in [1.807, 2.05) is 24.3 Å². The van der Waals surface area contributed by atoms with Crippen molar-refractivity contribution in [1.29, 1.82) is 0 Å². The number of carbonyl (C=O) groups excluding carboxylic acids is 1. The molecule has 0 bridgehead atoms. The summed E-state index contributed by atoms with van der Waals surface area (Å²) in [5.41, 5.74) is 7.59. The fourth-order valence-electron chi connectivity index (χ4n) is 4.49. The number of primary amides is 1. The molecule has 4 heterocycles. The number of halogens is 1. The van der Waals surface area contributed by atoms with Crippen LogP contribution in [0.15, 0.2) is 59.8 Å². The fourth-order valence-corrected chi connectivity index (χ4v) is 4.49. The summed E-state index contributed by atoms with van der Waals surface area (Å²) in [5.74, 6) is -0.176. The van der Waals surface area contributed by atoms with Gasteiger partial charge in [-0.15, -0.1) is 0 Å². The standard InChI is InChI=1S/C23H18FN7O3/c24-13-5-6-15-17(9-13)30(12-27-15)22-26-10-18-21(28-22)31(23(33)29(18)11-20(25)32)16-7-8-34-19-4-2-1-3-14(16)19/h1-6,9-10,12,16H,7-8,11H2,(H2,25,32). The van der Waals surface area contributed by atoms with Crippen LogP contribution in [-0.2, 0) is 11.3 Å². The van der Waals surface area contributed by atoms with Gasteiger partial charge in [-0.3, -0.25) is 18.5 Å². The summed E-state index contributed by atoms with van der Waals surface area (Å²) in [4.78, 5) is 38.6. The van der Waals surface area contributed by atoms with Gasteiger partial charge in [-0.2, -0.15) is 4.98 Å². The lowest BCUT2D eigenvalue weighted by Gasteiger charge is -2.26. The van der Waals surface area contributed by atoms with Crippen LogP contribution in [-0.4, -0.2) is 41.2 Å². The van der Waals surface area contributed by atoms with Crippen LogP contribution < -0.4 is 16.2 Å². The normalized spacial score (nSPS) is 15.4. The lowest BCUT2D eigenvalue weighted by Crippen LogP contribution is -2.33. The number of carbonyl (C=O) groups is 1. The zero-order valence-corrected chi connectivity index (χ0v) is 17.8. The summed E-state index contributed by atoms with van der Waals surface area (Å²) in [6.07, 6.45) is 3.50. The third-order valence-corrected chi connectivity index (χ3v) is 5.97. The second-order valence-corrected chi connectivity index (χ2v) is 8.02. The second kappa shape index (κ2) is 7.51. The fraction of sp³-hybridized carbons (Fsp3) is 0.174. The van der Waals surface area contributed by atoms with Gasteiger partial charge < -0.3 is 10.5 Å². The van der Waals surface area contributed by atoms with E-state index in [0.717, 1.165) is 5.56 Å². The molecule has 0 aliphatic carbocycles. The Kier molecular flexibility index (Phi) is 4.44. The summed E-state index contributed by atoms with van der Waals surface area (Å²) < 4.78 is 24.0. The highest BCUT2D eigenvalue weighted by Gasteiger charge is 2.29. The van der Waals surface area contributed by atoms with Crippen molar-refractivity contribution in [3.05, 3.63) is 76.9 Å². The van der Waals surface area contributed by atoms with Crippen molar-refractivity contribution in [3.8, 4) is 11.7 Å². The molecule has 0 spiro atoms. The molecule has 0 saturated heterocycles. The summed E-state index contributed by atoms with van der Waals surface area (Å²) in [6.45, 7) is 0.106. The molecule has 3 aromatic heterocycles. The van der Waals surface area contributed by atoms with Gasteiger partial charge in [0.2, 0.25) is 11.9 Å². The van der Waals surface area contributed by atoms with Crippen LogP contribution in [0.3, 0.4) is 0 Å². The number of rotatable bonds is 4. The molecule has 1 amide bonds. The second-order valence-electron chi connectivity index (χ2n) is 8.02. The Morgan fingerprint density at radius 3 is 2.88 bits per heavy atom. The predicted molar refractivity (Wildman–Crippen MR) is 120 cm³/mol. The number of aromatic nitrogens is 6. The van der Waals surface area contributed by atoms with Gasteiger partial charge in [0.15, 0.2) is 5.65 Å². The van der Waals surface area contributed by atoms with Gasteiger partial charge in [0.05, 0.1) is 29.9 Å². The Labute approximate surface area is 191 Å². The van der Waals surface area contributed by atoms with Crippen molar-refractivity contribution in [3.63, 3.8) is 0 Å². The van der Waals surface area contributed by atoms with Gasteiger partial charge >= 0.3 is 5.69 Å². The maximum Gasteiger partial charge on any atom is 0.331 e. The van der Waals surface area contributed by atoms with Crippen LogP contribution in [0.4, 0.5) is 4.39 Å². The molecule has 0 saturated carbocycles. The predicted octanol–water partition coefficient (Wildman–Crippen LogP) is 1.93. The van der Waals surface area contributed by atoms with Crippen LogP contribution >= 0.6 is 0 Å². The molecule has 34 heavy (non-hydrogen) atoms. The van der Waals surface area contributed by atoms with Gasteiger partial charge in [0.1, 0.15) is 30.0 Å². The van der Waals surface area contributed by atoms with E-state index in [1.165, 1.54) is 29.2 Å². The molecule has 170 valence electrons. The number of nitrogens with zero attached hydrogens (tertiary/aromatic N) is 6. The summed E-state index contributed by atoms with van der Waals surface area (Å²) >= 11 is 0. The van der Waals surface area contributed by atoms with E-state index in [0.29, 0.717) is 41.0 Å². The first-order valence-corrected chi connectivity index (χ1v) is 10.6. The van der Waals surface area contributed by atoms with Crippen molar-refractivity contribution >= 4 is 28.1 Å². The molecule has 6 rings (SSSR count). The number of hydrogen-bond donors (Lipinski definition) is 1. The first kappa shape index (κ1) is 20.1. The molecule has 1 unspecified atom stereocenters. The SMILES string of the molecule is NC(=O)Cn1c(=O)n(C2CCOc3ccccc32)c2nc(-n3cnc4ccc(F)cc43)ncc21. The molecule has 1 aliphatic rings. The summed E-state index contributed by atoms with van der Waals surface area (Å²) in [6, 6.07) is 11.4. The lowest BCUT2D eigenvalue weighted by molar-refractivity contribution is -0.118. The number of amides is 1. The first-order valence-electron chi connectivity index (χ1n) is 10.6. The minimum absolute atomic E-state index is 0.214. The molecule has 2 N–H and O–H groups in total. The van der Waals surface area contributed by atoms with Crippen molar-refractivity contribution in [2.75, 3.05) is 6.61 Å². The Bertz CT molecular complexity index is 1650. The Morgan fingerprint density at radius 2 is 2.03 bits per heavy atom. The van der Waals surface area contributed by atoms with Crippen LogP contribution in [0.2, 0.25) is 0 Å². The molecular weight excluding hydrogens is 441 g/mol. The third-order valence-electron chi connectivity index (χ3n) is 5.97. The molecule has 5 aromatic rings. The van der Waals surface area contributed by atoms with E-state index in [-0.39, 0.29) is 18.5 Å². The number of nitrogens with two attached hydrogens (primary N) is 1. The average molecular weight is 459 g/mol. The first-order chi connectivity index (χ1) is 16.5. The molecule has 2 aromatic carbocycles. The highest BCUT2D eigenvalue weighted by Crippen LogP contribution is 2.35. The zero-order valence-electron chi connectivity index (χ0n) is 17.8. The van der Waals surface area contributed by atoms with Crippen molar-refractivity contribution in [1.82, 2.24) is 28.7 Å². The van der Waals surface area contributed by atoms with Gasteiger partial charge in [-0.05, 0) is 18.2 Å². The number of hydrogen-bond acceptors (Lipinski definition) is 6. The van der Waals surface area contributed by atoms with Crippen LogP contribution in [0.25, 0.3) is 28.1 Å². The Morgan fingerprint density at radius 1 is 1.18 bits per heavy atom. The van der Waals surface area contributed by atoms with E-state index in [4.69, 9.17) is 10.5 Å². The highest BCUT2D eigenvalue weighted by atomic mass is 19.1. The largest absolute Gasteiger partial charge is 0.493 e. The van der Waals surface area contributed by atoms with E-state index < -0.39 is 17.4 Å². The number of para-hydroxylation sites is 1. The average Bonchev–Trinajstić information content (AvgIpc) is 3.36. The quantitative estimate of drug-likeness (QED) is 0.438. The molecular formula is C23H18FN7O3. The monoisotopic (exact) mass is 459 g/mol. The van der Waals surface area contributed by atoms with Crippen molar-refractivity contribution in [2.45, 2.75) is 19.0 Å². The van der Waals surface area contributed by atoms with Gasteiger partial charge in [0.25, 0.3) is 0 Å². The van der Waals surface area contributed by atoms with Crippen LogP contribution in [0.5, 0.6) is 5.75 Å². The minimum atomic E-state index is -0.659. The van der Waals surface area contributed by atoms with Crippen LogP contribution in [0, 0.1) is 5.82 Å². The van der Waals surface area contributed by atoms with Crippen molar-refractivity contribution < 1.29 is 13.9 Å².